The number of aryl methyl sites for hydroxylation is 2. The highest BCUT2D eigenvalue weighted by atomic mass is 35.5. The van der Waals surface area contributed by atoms with E-state index < -0.39 is 0 Å². The highest BCUT2D eigenvalue weighted by Crippen LogP contribution is 2.08. The first-order chi connectivity index (χ1) is 7.99. The molecule has 1 rings (SSSR count). The minimum atomic E-state index is -0.112. The zero-order chi connectivity index (χ0) is 13.0. The smallest absolute Gasteiger partial charge is 0.269 e. The summed E-state index contributed by atoms with van der Waals surface area (Å²) in [6.07, 6.45) is 0.824. The summed E-state index contributed by atoms with van der Waals surface area (Å²) in [6, 6.07) is 1.81. The lowest BCUT2D eigenvalue weighted by Crippen LogP contribution is -2.40. The molecule has 17 heavy (non-hydrogen) atoms. The Bertz CT molecular complexity index is 387. The van der Waals surface area contributed by atoms with Crippen LogP contribution < -0.4 is 5.32 Å². The molecule has 0 radical (unpaired) electrons. The fraction of sp³-hybridized carbons (Fsp3) is 0.667. The monoisotopic (exact) mass is 257 g/mol. The molecule has 1 atom stereocenters. The maximum Gasteiger partial charge on any atom is 0.269 e. The molecule has 1 unspecified atom stereocenters. The van der Waals surface area contributed by atoms with Gasteiger partial charge >= 0.3 is 0 Å². The summed E-state index contributed by atoms with van der Waals surface area (Å²) >= 11 is 5.83. The molecule has 1 aromatic heterocycles. The molecular weight excluding hydrogens is 238 g/mol. The average Bonchev–Trinajstić information content (AvgIpc) is 2.66. The summed E-state index contributed by atoms with van der Waals surface area (Å²) in [5.74, 6) is 0.622. The van der Waals surface area contributed by atoms with Crippen LogP contribution in [0.15, 0.2) is 6.07 Å². The van der Waals surface area contributed by atoms with E-state index in [1.165, 1.54) is 0 Å². The Morgan fingerprint density at radius 3 is 2.65 bits per heavy atom. The van der Waals surface area contributed by atoms with E-state index >= 15 is 0 Å². The zero-order valence-electron chi connectivity index (χ0n) is 10.8. The van der Waals surface area contributed by atoms with E-state index in [1.54, 1.807) is 11.7 Å². The molecule has 1 aromatic rings. The minimum Gasteiger partial charge on any atom is -0.347 e. The lowest BCUT2D eigenvalue weighted by Gasteiger charge is -2.19. The van der Waals surface area contributed by atoms with Gasteiger partial charge in [0.05, 0.1) is 5.69 Å². The average molecular weight is 258 g/mol. The Morgan fingerprint density at radius 1 is 1.59 bits per heavy atom. The van der Waals surface area contributed by atoms with Crippen molar-refractivity contribution in [2.45, 2.75) is 33.2 Å². The van der Waals surface area contributed by atoms with Crippen molar-refractivity contribution in [2.75, 3.05) is 5.88 Å². The Balaban J connectivity index is 2.78. The number of rotatable bonds is 5. The lowest BCUT2D eigenvalue weighted by atomic mass is 10.1. The van der Waals surface area contributed by atoms with Gasteiger partial charge in [0.15, 0.2) is 0 Å². The van der Waals surface area contributed by atoms with Crippen molar-refractivity contribution < 1.29 is 4.79 Å². The topological polar surface area (TPSA) is 46.9 Å². The Kier molecular flexibility index (Phi) is 5.00. The number of halogens is 1. The number of amides is 1. The van der Waals surface area contributed by atoms with Gasteiger partial charge in [0.25, 0.3) is 5.91 Å². The van der Waals surface area contributed by atoms with Gasteiger partial charge in [0.1, 0.15) is 5.69 Å². The molecular formula is C12H20ClN3O. The van der Waals surface area contributed by atoms with E-state index in [0.29, 0.717) is 17.5 Å². The first kappa shape index (κ1) is 14.0. The molecule has 0 fully saturated rings. The number of hydrogen-bond acceptors (Lipinski definition) is 2. The van der Waals surface area contributed by atoms with Crippen LogP contribution in [0.2, 0.25) is 0 Å². The number of nitrogens with one attached hydrogen (secondary N) is 1. The van der Waals surface area contributed by atoms with Crippen LogP contribution in [0.25, 0.3) is 0 Å². The normalized spacial score (nSPS) is 12.8. The third-order valence-corrected chi connectivity index (χ3v) is 3.15. The summed E-state index contributed by atoms with van der Waals surface area (Å²) in [5.41, 5.74) is 1.50. The van der Waals surface area contributed by atoms with E-state index in [4.69, 9.17) is 11.6 Å². The summed E-state index contributed by atoms with van der Waals surface area (Å²) in [4.78, 5) is 12.0. The first-order valence-corrected chi connectivity index (χ1v) is 6.42. The number of hydrogen-bond donors (Lipinski definition) is 1. The van der Waals surface area contributed by atoms with E-state index in [9.17, 15) is 4.79 Å². The largest absolute Gasteiger partial charge is 0.347 e. The molecule has 0 spiro atoms. The summed E-state index contributed by atoms with van der Waals surface area (Å²) < 4.78 is 1.61. The molecule has 5 heteroatoms. The molecule has 0 aliphatic carbocycles. The van der Waals surface area contributed by atoms with Crippen molar-refractivity contribution in [1.82, 2.24) is 15.1 Å². The van der Waals surface area contributed by atoms with Gasteiger partial charge in [0.2, 0.25) is 0 Å². The third-order valence-electron chi connectivity index (χ3n) is 2.81. The second-order valence-corrected chi connectivity index (χ2v) is 4.78. The maximum absolute atomic E-state index is 12.0. The van der Waals surface area contributed by atoms with E-state index in [1.807, 2.05) is 26.8 Å². The predicted molar refractivity (Wildman–Crippen MR) is 69.4 cm³/mol. The van der Waals surface area contributed by atoms with Crippen molar-refractivity contribution in [3.8, 4) is 0 Å². The van der Waals surface area contributed by atoms with Gasteiger partial charge in [-0.1, -0.05) is 20.8 Å². The van der Waals surface area contributed by atoms with Crippen LogP contribution in [0.5, 0.6) is 0 Å². The van der Waals surface area contributed by atoms with Crippen LogP contribution in [0.3, 0.4) is 0 Å². The molecule has 96 valence electrons. The third kappa shape index (κ3) is 3.46. The standard InChI is InChI=1S/C12H20ClN3O/c1-5-9-6-11(16(4)15-9)12(17)14-10(7-13)8(2)3/h6,8,10H,5,7H2,1-4H3,(H,14,17). The van der Waals surface area contributed by atoms with Crippen LogP contribution in [-0.2, 0) is 13.5 Å². The summed E-state index contributed by atoms with van der Waals surface area (Å²) in [7, 11) is 1.78. The van der Waals surface area contributed by atoms with Crippen LogP contribution in [-0.4, -0.2) is 27.6 Å². The first-order valence-electron chi connectivity index (χ1n) is 5.89. The highest BCUT2D eigenvalue weighted by Gasteiger charge is 2.18. The summed E-state index contributed by atoms with van der Waals surface area (Å²) in [6.45, 7) is 6.09. The number of aromatic nitrogens is 2. The highest BCUT2D eigenvalue weighted by molar-refractivity contribution is 6.18. The van der Waals surface area contributed by atoms with Crippen LogP contribution >= 0.6 is 11.6 Å². The molecule has 0 aliphatic heterocycles. The number of alkyl halides is 1. The van der Waals surface area contributed by atoms with Gasteiger partial charge in [-0.3, -0.25) is 9.48 Å². The van der Waals surface area contributed by atoms with Crippen LogP contribution in [0, 0.1) is 5.92 Å². The number of carbonyl (C=O) groups is 1. The molecule has 1 N–H and O–H groups in total. The second kappa shape index (κ2) is 6.05. The summed E-state index contributed by atoms with van der Waals surface area (Å²) in [5, 5.41) is 7.18. The van der Waals surface area contributed by atoms with Crippen molar-refractivity contribution in [1.29, 1.82) is 0 Å². The van der Waals surface area contributed by atoms with Gasteiger partial charge in [-0.25, -0.2) is 0 Å². The maximum atomic E-state index is 12.0. The van der Waals surface area contributed by atoms with E-state index in [0.717, 1.165) is 12.1 Å². The van der Waals surface area contributed by atoms with Crippen LogP contribution in [0.4, 0.5) is 0 Å². The van der Waals surface area contributed by atoms with E-state index in [-0.39, 0.29) is 11.9 Å². The lowest BCUT2D eigenvalue weighted by molar-refractivity contribution is 0.0921. The van der Waals surface area contributed by atoms with Gasteiger partial charge in [-0.2, -0.15) is 5.10 Å². The van der Waals surface area contributed by atoms with Gasteiger partial charge < -0.3 is 5.32 Å². The second-order valence-electron chi connectivity index (χ2n) is 4.48. The Hall–Kier alpha value is -1.03. The number of carbonyl (C=O) groups excluding carboxylic acids is 1. The molecule has 4 nitrogen and oxygen atoms in total. The van der Waals surface area contributed by atoms with Crippen molar-refractivity contribution in [3.63, 3.8) is 0 Å². The molecule has 1 amide bonds. The SMILES string of the molecule is CCc1cc(C(=O)NC(CCl)C(C)C)n(C)n1. The fourth-order valence-electron chi connectivity index (χ4n) is 1.54. The Morgan fingerprint density at radius 2 is 2.24 bits per heavy atom. The van der Waals surface area contributed by atoms with E-state index in [2.05, 4.69) is 10.4 Å². The van der Waals surface area contributed by atoms with Crippen molar-refractivity contribution in [3.05, 3.63) is 17.5 Å². The Labute approximate surface area is 107 Å². The molecule has 1 heterocycles. The quantitative estimate of drug-likeness (QED) is 0.820. The van der Waals surface area contributed by atoms with Crippen molar-refractivity contribution >= 4 is 17.5 Å². The van der Waals surface area contributed by atoms with Gasteiger partial charge in [-0.05, 0) is 18.4 Å². The molecule has 0 bridgehead atoms. The predicted octanol–water partition coefficient (Wildman–Crippen LogP) is 1.98. The molecule has 0 aromatic carbocycles. The van der Waals surface area contributed by atoms with Crippen LogP contribution in [0.1, 0.15) is 37.0 Å². The van der Waals surface area contributed by atoms with Crippen molar-refractivity contribution in [2.24, 2.45) is 13.0 Å². The fourth-order valence-corrected chi connectivity index (χ4v) is 1.97. The molecule has 0 aliphatic rings. The number of nitrogens with zero attached hydrogens (tertiary/aromatic N) is 2. The molecule has 0 saturated carbocycles. The molecule has 0 saturated heterocycles. The minimum absolute atomic E-state index is 0.0101. The van der Waals surface area contributed by atoms with Gasteiger partial charge in [0, 0.05) is 19.0 Å². The zero-order valence-corrected chi connectivity index (χ0v) is 11.6. The van der Waals surface area contributed by atoms with Gasteiger partial charge in [-0.15, -0.1) is 11.6 Å².